The van der Waals surface area contributed by atoms with Crippen molar-refractivity contribution in [2.45, 2.75) is 0 Å². The van der Waals surface area contributed by atoms with Crippen LogP contribution in [0.5, 0.6) is 0 Å². The Bertz CT molecular complexity index is 2650. The molecule has 0 N–H and O–H groups in total. The summed E-state index contributed by atoms with van der Waals surface area (Å²) in [7, 11) is 0. The van der Waals surface area contributed by atoms with Gasteiger partial charge in [0.05, 0.1) is 27.8 Å². The molecular weight excluding hydrogens is 556 g/mol. The van der Waals surface area contributed by atoms with E-state index in [4.69, 9.17) is 0 Å². The maximum atomic E-state index is 2.49. The molecule has 0 spiro atoms. The van der Waals surface area contributed by atoms with E-state index in [-0.39, 0.29) is 0 Å². The molecular formula is C44H30N2. The van der Waals surface area contributed by atoms with E-state index in [0.717, 1.165) is 0 Å². The number of para-hydroxylation sites is 2. The van der Waals surface area contributed by atoms with E-state index in [1.807, 2.05) is 0 Å². The summed E-state index contributed by atoms with van der Waals surface area (Å²) in [6.45, 7) is 0. The van der Waals surface area contributed by atoms with Gasteiger partial charge in [0.25, 0.3) is 0 Å². The van der Waals surface area contributed by atoms with Gasteiger partial charge in [-0.3, -0.25) is 0 Å². The summed E-state index contributed by atoms with van der Waals surface area (Å²) in [6.07, 6.45) is 15.8. The zero-order chi connectivity index (χ0) is 30.2. The van der Waals surface area contributed by atoms with Crippen molar-refractivity contribution in [1.29, 1.82) is 0 Å². The Morgan fingerprint density at radius 3 is 1.74 bits per heavy atom. The van der Waals surface area contributed by atoms with Crippen molar-refractivity contribution in [3.63, 3.8) is 0 Å². The normalized spacial score (nSPS) is 17.4. The molecule has 0 fully saturated rings. The van der Waals surface area contributed by atoms with Crippen molar-refractivity contribution in [3.8, 4) is 16.8 Å². The van der Waals surface area contributed by atoms with Crippen LogP contribution in [-0.4, -0.2) is 9.13 Å². The lowest BCUT2D eigenvalue weighted by molar-refractivity contribution is 0.655. The Labute approximate surface area is 267 Å². The number of rotatable bonds is 3. The monoisotopic (exact) mass is 586 g/mol. The molecule has 2 heterocycles. The van der Waals surface area contributed by atoms with Gasteiger partial charge in [0, 0.05) is 44.5 Å². The van der Waals surface area contributed by atoms with E-state index >= 15 is 0 Å². The van der Waals surface area contributed by atoms with E-state index in [0.29, 0.717) is 11.8 Å². The van der Waals surface area contributed by atoms with Gasteiger partial charge in [-0.25, -0.2) is 0 Å². The first-order valence-corrected chi connectivity index (χ1v) is 16.1. The quantitative estimate of drug-likeness (QED) is 0.195. The van der Waals surface area contributed by atoms with Crippen molar-refractivity contribution in [2.24, 2.45) is 11.8 Å². The highest BCUT2D eigenvalue weighted by Crippen LogP contribution is 2.42. The first-order valence-electron chi connectivity index (χ1n) is 16.1. The number of allylic oxidation sites excluding steroid dienone is 8. The van der Waals surface area contributed by atoms with Crippen LogP contribution in [0.15, 0.2) is 170 Å². The summed E-state index contributed by atoms with van der Waals surface area (Å²) in [5, 5.41) is 7.62. The van der Waals surface area contributed by atoms with Crippen LogP contribution in [0.25, 0.3) is 76.9 Å². The smallest absolute Gasteiger partial charge is 0.0541 e. The third-order valence-electron chi connectivity index (χ3n) is 10.1. The lowest BCUT2D eigenvalue weighted by atomic mass is 9.82. The van der Waals surface area contributed by atoms with Crippen molar-refractivity contribution in [3.05, 3.63) is 170 Å². The first kappa shape index (κ1) is 25.5. The largest absolute Gasteiger partial charge is 0.312 e. The zero-order valence-corrected chi connectivity index (χ0v) is 25.2. The zero-order valence-electron chi connectivity index (χ0n) is 25.2. The van der Waals surface area contributed by atoms with E-state index in [1.165, 1.54) is 76.9 Å². The molecule has 216 valence electrons. The highest BCUT2D eigenvalue weighted by molar-refractivity contribution is 6.13. The molecule has 10 rings (SSSR count). The average Bonchev–Trinajstić information content (AvgIpc) is 3.63. The lowest BCUT2D eigenvalue weighted by Crippen LogP contribution is -2.18. The molecule has 2 aliphatic carbocycles. The molecule has 8 aromatic rings. The van der Waals surface area contributed by atoms with Gasteiger partial charge in [-0.15, -0.1) is 0 Å². The van der Waals surface area contributed by atoms with Gasteiger partial charge in [-0.1, -0.05) is 121 Å². The van der Waals surface area contributed by atoms with E-state index in [9.17, 15) is 0 Å². The third kappa shape index (κ3) is 3.64. The molecule has 2 heteroatoms. The first-order chi connectivity index (χ1) is 22.8. The van der Waals surface area contributed by atoms with Gasteiger partial charge in [-0.05, 0) is 65.1 Å². The highest BCUT2D eigenvalue weighted by atomic mass is 15.0. The summed E-state index contributed by atoms with van der Waals surface area (Å²) >= 11 is 0. The Balaban J connectivity index is 1.17. The van der Waals surface area contributed by atoms with Gasteiger partial charge in [-0.2, -0.15) is 0 Å². The third-order valence-corrected chi connectivity index (χ3v) is 10.1. The van der Waals surface area contributed by atoms with Crippen molar-refractivity contribution >= 4 is 60.1 Å². The predicted molar refractivity (Wildman–Crippen MR) is 195 cm³/mol. The predicted octanol–water partition coefficient (Wildman–Crippen LogP) is 11.5. The average molecular weight is 587 g/mol. The van der Waals surface area contributed by atoms with E-state index in [2.05, 4.69) is 179 Å². The fraction of sp³-hybridized carbons (Fsp3) is 0.0455. The second-order valence-electron chi connectivity index (χ2n) is 12.5. The molecule has 0 saturated carbocycles. The second kappa shape index (κ2) is 9.82. The van der Waals surface area contributed by atoms with Crippen molar-refractivity contribution in [2.75, 3.05) is 0 Å². The Kier molecular flexibility index (Phi) is 5.44. The Hall–Kier alpha value is -5.86. The fourth-order valence-electron chi connectivity index (χ4n) is 7.97. The topological polar surface area (TPSA) is 9.86 Å². The number of fused-ring (bicyclic) bond motifs is 8. The molecule has 0 saturated heterocycles. The van der Waals surface area contributed by atoms with Crippen LogP contribution in [-0.2, 0) is 0 Å². The molecule has 2 aliphatic rings. The Morgan fingerprint density at radius 1 is 0.413 bits per heavy atom. The maximum Gasteiger partial charge on any atom is 0.0541 e. The van der Waals surface area contributed by atoms with Crippen LogP contribution in [0.3, 0.4) is 0 Å². The summed E-state index contributed by atoms with van der Waals surface area (Å²) < 4.78 is 4.92. The van der Waals surface area contributed by atoms with Crippen molar-refractivity contribution < 1.29 is 0 Å². The van der Waals surface area contributed by atoms with Crippen LogP contribution in [0, 0.1) is 11.8 Å². The lowest BCUT2D eigenvalue weighted by Gasteiger charge is -2.28. The standard InChI is InChI=1S/C44H30N2/c1-3-15-33-29(11-1)13-9-21-39(33)45-41-19-7-5-17-35(41)37-27-31(23-25-43(37)45)32-24-26-44-38(28-32)36-18-6-8-20-42(36)46(44)40-22-10-14-30-12-2-4-16-34(30)40/h1-29,33H. The molecule has 6 aromatic carbocycles. The van der Waals surface area contributed by atoms with Gasteiger partial charge < -0.3 is 9.13 Å². The number of hydrogen-bond acceptors (Lipinski definition) is 0. The molecule has 2 nitrogen and oxygen atoms in total. The summed E-state index contributed by atoms with van der Waals surface area (Å²) in [5.74, 6) is 0.721. The van der Waals surface area contributed by atoms with E-state index in [1.54, 1.807) is 0 Å². The van der Waals surface area contributed by atoms with Gasteiger partial charge in [0.1, 0.15) is 0 Å². The van der Waals surface area contributed by atoms with Crippen LogP contribution < -0.4 is 0 Å². The minimum atomic E-state index is 0.329. The number of hydrogen-bond donors (Lipinski definition) is 0. The second-order valence-corrected chi connectivity index (χ2v) is 12.5. The fourth-order valence-corrected chi connectivity index (χ4v) is 7.97. The molecule has 0 aliphatic heterocycles. The molecule has 46 heavy (non-hydrogen) atoms. The molecule has 2 aromatic heterocycles. The minimum Gasteiger partial charge on any atom is -0.312 e. The van der Waals surface area contributed by atoms with Crippen molar-refractivity contribution in [1.82, 2.24) is 9.13 Å². The molecule has 0 bridgehead atoms. The molecule has 0 amide bonds. The maximum absolute atomic E-state index is 2.49. The number of benzene rings is 6. The summed E-state index contributed by atoms with van der Waals surface area (Å²) in [4.78, 5) is 0. The van der Waals surface area contributed by atoms with Crippen LogP contribution in [0.1, 0.15) is 0 Å². The summed E-state index contributed by atoms with van der Waals surface area (Å²) in [6, 6.07) is 46.9. The molecule has 0 radical (unpaired) electrons. The number of nitrogens with zero attached hydrogens (tertiary/aromatic N) is 2. The van der Waals surface area contributed by atoms with Gasteiger partial charge >= 0.3 is 0 Å². The van der Waals surface area contributed by atoms with Crippen LogP contribution in [0.2, 0.25) is 0 Å². The number of aromatic nitrogens is 2. The summed E-state index contributed by atoms with van der Waals surface area (Å²) in [5.41, 5.74) is 9.96. The highest BCUT2D eigenvalue weighted by Gasteiger charge is 2.26. The SMILES string of the molecule is C1=CC2C=CC=C(n3c4ccccc4c4cc(-c5ccc6c(c5)c5ccccc5n6-c5cccc6ccccc56)ccc43)C2C=C1. The minimum absolute atomic E-state index is 0.329. The van der Waals surface area contributed by atoms with E-state index < -0.39 is 0 Å². The Morgan fingerprint density at radius 2 is 0.978 bits per heavy atom. The van der Waals surface area contributed by atoms with Gasteiger partial charge in [0.2, 0.25) is 0 Å². The molecule has 2 unspecified atom stereocenters. The van der Waals surface area contributed by atoms with Crippen LogP contribution >= 0.6 is 0 Å². The molecule has 2 atom stereocenters. The van der Waals surface area contributed by atoms with Crippen LogP contribution in [0.4, 0.5) is 0 Å². The van der Waals surface area contributed by atoms with Gasteiger partial charge in [0.15, 0.2) is 0 Å².